The third kappa shape index (κ3) is 29.4. The largest absolute Gasteiger partial charge is 0.508 e. The summed E-state index contributed by atoms with van der Waals surface area (Å²) in [6, 6.07) is -2.73. The molecule has 16 amide bonds. The predicted molar refractivity (Wildman–Crippen MR) is 503 cm³/mol. The molecule has 3 aromatic carbocycles. The van der Waals surface area contributed by atoms with E-state index in [0.29, 0.717) is 64.2 Å². The number of thioether (sulfide) groups is 1. The molecule has 0 saturated carbocycles. The van der Waals surface area contributed by atoms with Crippen molar-refractivity contribution in [3.05, 3.63) is 120 Å². The van der Waals surface area contributed by atoms with Crippen LogP contribution >= 0.6 is 11.8 Å². The molecule has 3 fully saturated rings. The van der Waals surface area contributed by atoms with Crippen LogP contribution < -0.4 is 70.0 Å². The van der Waals surface area contributed by atoms with Gasteiger partial charge in [-0.1, -0.05) is 109 Å². The fourth-order valence-electron chi connectivity index (χ4n) is 17.1. The molecule has 44 nitrogen and oxygen atoms in total. The molecule has 3 saturated heterocycles. The van der Waals surface area contributed by atoms with Crippen LogP contribution in [-0.4, -0.2) is 327 Å². The SMILES string of the molecule is CCCC[C@H]1C(=O)N(C)[C@@H](CCCC)C(=O)N[C@@H](CCCNC(=N)N)C(=O)N[C@H](C(=O)NCC(N)=O)CSCC(=O)N[C@@H](Cc2ccc(O)cc2)C(=O)N(C)[C@@H](C)C(=O)N[C@@H](CC(=O)O)C(=O)N2CCC[C@H]2C(=O)N[C@@H](Cc2c[nH]cn2)C(=O)N[C@@H](CC(C)C)C(=O)N2C[C@H](O)C[C@H]2C(=O)N[C@@H]([C@@H](C)c2c[nH]c3ccccc23)C(=O)N[C@@H](CO)C(=O)N[C@@H](Cc2c[nH]c3ccccc23)C(=O)N1C. The Morgan fingerprint density at radius 2 is 1.17 bits per heavy atom. The van der Waals surface area contributed by atoms with Crippen molar-refractivity contribution in [1.29, 1.82) is 5.41 Å². The number of aromatic nitrogens is 4. The Labute approximate surface area is 796 Å². The van der Waals surface area contributed by atoms with E-state index in [9.17, 15) is 63.6 Å². The molecule has 0 unspecified atom stereocenters. The number of carboxylic acid groups (broad SMARTS) is 1. The van der Waals surface area contributed by atoms with Crippen LogP contribution in [0.4, 0.5) is 0 Å². The van der Waals surface area contributed by atoms with Crippen LogP contribution in [-0.2, 0) is 101 Å². The fourth-order valence-corrected chi connectivity index (χ4v) is 17.9. The molecule has 0 spiro atoms. The van der Waals surface area contributed by atoms with E-state index in [1.165, 1.54) is 64.9 Å². The summed E-state index contributed by atoms with van der Waals surface area (Å²) in [5, 5.41) is 81.5. The number of aromatic hydroxyl groups is 1. The summed E-state index contributed by atoms with van der Waals surface area (Å²) in [6.45, 7) is 7.48. The van der Waals surface area contributed by atoms with Gasteiger partial charge in [-0.25, -0.2) is 4.98 Å². The van der Waals surface area contributed by atoms with Crippen LogP contribution in [0.1, 0.15) is 153 Å². The zero-order valence-corrected chi connectivity index (χ0v) is 79.1. The number of primary amides is 1. The summed E-state index contributed by atoms with van der Waals surface area (Å²) >= 11 is 0.750. The second-order valence-corrected chi connectivity index (χ2v) is 36.4. The molecule has 0 aliphatic carbocycles. The van der Waals surface area contributed by atoms with E-state index in [1.807, 2.05) is 13.8 Å². The number of guanidine groups is 1. The Balaban J connectivity index is 1.11. The molecule has 6 aromatic rings. The van der Waals surface area contributed by atoms with Crippen molar-refractivity contribution in [2.75, 3.05) is 65.4 Å². The van der Waals surface area contributed by atoms with Gasteiger partial charge in [-0.3, -0.25) is 86.9 Å². The molecular formula is C92H129N23O21S. The van der Waals surface area contributed by atoms with Gasteiger partial charge < -0.3 is 130 Å². The number of carbonyl (C=O) groups excluding carboxylic acids is 16. The van der Waals surface area contributed by atoms with Gasteiger partial charge in [-0.05, 0) is 98.7 Å². The number of carbonyl (C=O) groups is 17. The van der Waals surface area contributed by atoms with Gasteiger partial charge in [0.1, 0.15) is 90.3 Å². The van der Waals surface area contributed by atoms with E-state index >= 15 is 38.4 Å². The third-order valence-corrected chi connectivity index (χ3v) is 25.8. The highest BCUT2D eigenvalue weighted by Gasteiger charge is 2.47. The molecule has 6 heterocycles. The molecule has 744 valence electrons. The summed E-state index contributed by atoms with van der Waals surface area (Å²) in [5.41, 5.74) is 13.9. The Kier molecular flexibility index (Phi) is 39.6. The highest BCUT2D eigenvalue weighted by Crippen LogP contribution is 2.31. The molecule has 45 heteroatoms. The number of unbranched alkanes of at least 4 members (excludes halogenated alkanes) is 2. The van der Waals surface area contributed by atoms with Gasteiger partial charge >= 0.3 is 5.97 Å². The monoisotopic (exact) mass is 1920 g/mol. The number of para-hydroxylation sites is 2. The summed E-state index contributed by atoms with van der Waals surface area (Å²) in [6.07, 6.45) is 3.56. The van der Waals surface area contributed by atoms with Crippen LogP contribution in [0, 0.1) is 11.3 Å². The normalized spacial score (nSPS) is 24.8. The average Bonchev–Trinajstić information content (AvgIpc) is 1.05. The van der Waals surface area contributed by atoms with Crippen LogP contribution in [0.15, 0.2) is 97.7 Å². The number of aromatic amines is 3. The molecule has 3 aliphatic heterocycles. The number of fused-ring (bicyclic) bond motifs is 4. The number of phenolic OH excluding ortho intramolecular Hbond substituents is 1. The van der Waals surface area contributed by atoms with E-state index in [1.54, 1.807) is 81.7 Å². The van der Waals surface area contributed by atoms with Crippen molar-refractivity contribution < 1.29 is 102 Å². The van der Waals surface area contributed by atoms with Gasteiger partial charge in [0.05, 0.1) is 43.5 Å². The first-order valence-corrected chi connectivity index (χ1v) is 47.1. The summed E-state index contributed by atoms with van der Waals surface area (Å²) < 4.78 is 0. The molecule has 3 aliphatic rings. The number of hydrogen-bond donors (Lipinski definition) is 21. The van der Waals surface area contributed by atoms with Crippen LogP contribution in [0.2, 0.25) is 0 Å². The van der Waals surface area contributed by atoms with Crippen LogP contribution in [0.25, 0.3) is 21.8 Å². The number of hydrogen-bond acceptors (Lipinski definition) is 23. The number of rotatable bonds is 26. The number of imidazole rings is 1. The summed E-state index contributed by atoms with van der Waals surface area (Å²) in [5.74, 6) is -20.0. The minimum Gasteiger partial charge on any atom is -0.508 e. The van der Waals surface area contributed by atoms with Crippen molar-refractivity contribution in [1.82, 2.24) is 103 Å². The standard InChI is InChI=1S/C92H129N23O21S/c1-10-12-25-70-83(128)103-62(24-18-32-97-92(94)95)80(125)109-69(79(124)100-43-74(93)119)46-137-47-75(120)102-65(35-52-28-30-55(117)31-29-52)87(132)111(7)51(6)78(123)105-67(39-76(121)122)89(134)114-33-19-27-71(114)84(129)104-63(37-54-41-96-48-101-54)81(126)106-64(34-49(3)4)90(135)115-44-56(118)38-73(115)85(130)110-77(50(5)59-42-99-61-23-17-15-21-58(59)61)86(131)108-68(45-116)82(127)107-66(36-53-40-98-60-22-16-14-20-57(53)60)88(133)113(9)72(26-13-11-2)91(136)112(70)8/h14-17,20-23,28-31,40-42,48-51,56,62-73,77,98-99,116-118H,10-13,18-19,24-27,32-39,43-47H2,1-9H3,(H2,93,119)(H,96,101)(H,100,124)(H,102,120)(H,103,128)(H,104,129)(H,105,123)(H,106,126)(H,107,127)(H,108,131)(H,109,125)(H,110,130)(H,121,122)(H4,94,95,97)/t50-,51-,56+,62-,63-,64-,65-,66-,67-,68-,69-,70-,71-,72-,73-,77-/m0/s1. The second-order valence-electron chi connectivity index (χ2n) is 35.3. The smallest absolute Gasteiger partial charge is 0.305 e. The zero-order chi connectivity index (χ0) is 100. The third-order valence-electron chi connectivity index (χ3n) is 24.7. The number of nitrogens with zero attached hydrogens (tertiary/aromatic N) is 6. The van der Waals surface area contributed by atoms with Gasteiger partial charge in [0.25, 0.3) is 0 Å². The molecule has 0 radical (unpaired) electrons. The Bertz CT molecular complexity index is 5290. The maximum atomic E-state index is 15.8. The lowest BCUT2D eigenvalue weighted by atomic mass is 9.91. The molecule has 9 rings (SSSR count). The maximum absolute atomic E-state index is 15.8. The van der Waals surface area contributed by atoms with Gasteiger partial charge in [0.2, 0.25) is 94.5 Å². The van der Waals surface area contributed by atoms with Crippen LogP contribution in [0.5, 0.6) is 5.75 Å². The first kappa shape index (κ1) is 107. The van der Waals surface area contributed by atoms with Crippen molar-refractivity contribution in [2.45, 2.75) is 241 Å². The summed E-state index contributed by atoms with van der Waals surface area (Å²) in [7, 11) is 3.87. The lowest BCUT2D eigenvalue weighted by Gasteiger charge is -2.36. The van der Waals surface area contributed by atoms with Crippen molar-refractivity contribution in [3.8, 4) is 5.75 Å². The van der Waals surface area contributed by atoms with E-state index in [0.717, 1.165) is 36.3 Å². The fraction of sp³-hybridized carbons (Fsp3) is 0.533. The highest BCUT2D eigenvalue weighted by atomic mass is 32.2. The van der Waals surface area contributed by atoms with E-state index in [4.69, 9.17) is 16.9 Å². The van der Waals surface area contributed by atoms with E-state index in [2.05, 4.69) is 78.4 Å². The number of aliphatic carboxylic acids is 1. The first-order valence-electron chi connectivity index (χ1n) is 45.9. The Hall–Kier alpha value is -13.7. The molecule has 23 N–H and O–H groups in total. The zero-order valence-electron chi connectivity index (χ0n) is 78.3. The van der Waals surface area contributed by atoms with Crippen LogP contribution in [0.3, 0.4) is 0 Å². The molecule has 16 atom stereocenters. The number of benzene rings is 3. The second kappa shape index (κ2) is 50.7. The maximum Gasteiger partial charge on any atom is 0.305 e. The quantitative estimate of drug-likeness (QED) is 0.0162. The minimum absolute atomic E-state index is 0.0180. The topological polar surface area (TPSA) is 656 Å². The molecule has 3 aromatic heterocycles. The molecule has 0 bridgehead atoms. The average molecular weight is 1930 g/mol. The van der Waals surface area contributed by atoms with Crippen molar-refractivity contribution in [3.63, 3.8) is 0 Å². The number of aliphatic hydroxyl groups excluding tert-OH is 2. The Morgan fingerprint density at radius 1 is 0.584 bits per heavy atom. The lowest BCUT2D eigenvalue weighted by Crippen LogP contribution is -2.62. The first-order chi connectivity index (χ1) is 65.2. The number of phenols is 1. The van der Waals surface area contributed by atoms with Gasteiger partial charge in [0.15, 0.2) is 5.96 Å². The lowest BCUT2D eigenvalue weighted by molar-refractivity contribution is -0.149. The minimum atomic E-state index is -1.91. The number of likely N-dealkylation sites (N-methyl/N-ethyl adjacent to an activating group) is 3. The molecule has 137 heavy (non-hydrogen) atoms. The number of nitrogens with two attached hydrogens (primary N) is 2. The van der Waals surface area contributed by atoms with Crippen molar-refractivity contribution >= 4 is 140 Å². The van der Waals surface area contributed by atoms with E-state index < -0.39 is 247 Å². The molecular weight excluding hydrogens is 1800 g/mol. The summed E-state index contributed by atoms with van der Waals surface area (Å²) in [4.78, 5) is 270. The number of nitrogens with one attached hydrogen (secondary N) is 15. The Morgan fingerprint density at radius 3 is 1.82 bits per heavy atom. The number of carboxylic acids is 1. The van der Waals surface area contributed by atoms with Gasteiger partial charge in [0, 0.05) is 119 Å². The number of H-pyrrole nitrogens is 3. The van der Waals surface area contributed by atoms with E-state index in [-0.39, 0.29) is 94.7 Å². The number of amides is 16. The van der Waals surface area contributed by atoms with Gasteiger partial charge in [-0.2, -0.15) is 0 Å². The predicted octanol–water partition coefficient (Wildman–Crippen LogP) is -1.77. The van der Waals surface area contributed by atoms with Crippen molar-refractivity contribution in [2.24, 2.45) is 17.4 Å². The highest BCUT2D eigenvalue weighted by molar-refractivity contribution is 8.00. The number of aliphatic hydroxyl groups is 2. The van der Waals surface area contributed by atoms with Gasteiger partial charge in [-0.15, -0.1) is 11.8 Å².